The predicted octanol–water partition coefficient (Wildman–Crippen LogP) is 1.66. The summed E-state index contributed by atoms with van der Waals surface area (Å²) in [4.78, 5) is 38.6. The van der Waals surface area contributed by atoms with E-state index in [0.29, 0.717) is 36.6 Å². The van der Waals surface area contributed by atoms with Gasteiger partial charge in [-0.15, -0.1) is 0 Å². The highest BCUT2D eigenvalue weighted by atomic mass is 16.7. The normalized spacial score (nSPS) is 17.3. The molecular formula is C21H21N3O5. The minimum absolute atomic E-state index is 0.0567. The molecule has 1 fully saturated rings. The van der Waals surface area contributed by atoms with Crippen LogP contribution in [0.2, 0.25) is 0 Å². The lowest BCUT2D eigenvalue weighted by atomic mass is 10.1. The van der Waals surface area contributed by atoms with Crippen LogP contribution >= 0.6 is 0 Å². The zero-order chi connectivity index (χ0) is 20.2. The van der Waals surface area contributed by atoms with Crippen molar-refractivity contribution in [3.8, 4) is 11.5 Å². The molecule has 2 aromatic carbocycles. The van der Waals surface area contributed by atoms with Crippen LogP contribution in [0.3, 0.4) is 0 Å². The number of hydrogen-bond acceptors (Lipinski definition) is 5. The van der Waals surface area contributed by atoms with E-state index in [9.17, 15) is 14.4 Å². The van der Waals surface area contributed by atoms with Crippen molar-refractivity contribution in [1.82, 2.24) is 10.2 Å². The van der Waals surface area contributed by atoms with Gasteiger partial charge in [0.1, 0.15) is 6.04 Å². The summed E-state index contributed by atoms with van der Waals surface area (Å²) in [7, 11) is 0. The Hall–Kier alpha value is -3.55. The number of likely N-dealkylation sites (tertiary alicyclic amines) is 1. The second-order valence-corrected chi connectivity index (χ2v) is 6.90. The molecule has 2 aliphatic heterocycles. The zero-order valence-electron chi connectivity index (χ0n) is 15.7. The van der Waals surface area contributed by atoms with Gasteiger partial charge in [0, 0.05) is 24.7 Å². The van der Waals surface area contributed by atoms with Crippen molar-refractivity contribution in [2.24, 2.45) is 0 Å². The molecule has 8 heteroatoms. The molecule has 150 valence electrons. The van der Waals surface area contributed by atoms with E-state index < -0.39 is 6.04 Å². The molecule has 0 radical (unpaired) electrons. The van der Waals surface area contributed by atoms with Gasteiger partial charge in [0.05, 0.1) is 6.54 Å². The fraction of sp³-hybridized carbons (Fsp3) is 0.286. The minimum Gasteiger partial charge on any atom is -0.454 e. The second-order valence-electron chi connectivity index (χ2n) is 6.90. The summed E-state index contributed by atoms with van der Waals surface area (Å²) in [5.41, 5.74) is 1.51. The van der Waals surface area contributed by atoms with Crippen LogP contribution in [0.25, 0.3) is 0 Å². The number of rotatable bonds is 6. The Morgan fingerprint density at radius 3 is 2.69 bits per heavy atom. The van der Waals surface area contributed by atoms with E-state index in [1.165, 1.54) is 0 Å². The molecule has 2 heterocycles. The largest absolute Gasteiger partial charge is 0.454 e. The number of amides is 3. The lowest BCUT2D eigenvalue weighted by Crippen LogP contribution is -2.46. The van der Waals surface area contributed by atoms with Gasteiger partial charge in [0.2, 0.25) is 24.5 Å². The molecule has 8 nitrogen and oxygen atoms in total. The highest BCUT2D eigenvalue weighted by Gasteiger charge is 2.35. The number of carbonyl (C=O) groups excluding carboxylic acids is 3. The van der Waals surface area contributed by atoms with Gasteiger partial charge in [-0.3, -0.25) is 14.4 Å². The first-order chi connectivity index (χ1) is 14.1. The third-order valence-electron chi connectivity index (χ3n) is 4.91. The van der Waals surface area contributed by atoms with Crippen LogP contribution in [0, 0.1) is 0 Å². The van der Waals surface area contributed by atoms with Crippen LogP contribution in [0.5, 0.6) is 11.5 Å². The van der Waals surface area contributed by atoms with Gasteiger partial charge in [0.25, 0.3) is 0 Å². The maximum Gasteiger partial charge on any atom is 0.243 e. The van der Waals surface area contributed by atoms with E-state index in [-0.39, 0.29) is 31.1 Å². The molecule has 29 heavy (non-hydrogen) atoms. The van der Waals surface area contributed by atoms with Gasteiger partial charge in [-0.1, -0.05) is 30.3 Å². The predicted molar refractivity (Wildman–Crippen MR) is 104 cm³/mol. The van der Waals surface area contributed by atoms with Crippen LogP contribution in [-0.2, 0) is 20.9 Å². The molecule has 0 aromatic heterocycles. The van der Waals surface area contributed by atoms with Gasteiger partial charge in [0.15, 0.2) is 11.5 Å². The summed E-state index contributed by atoms with van der Waals surface area (Å²) in [6, 6.07) is 14.0. The smallest absolute Gasteiger partial charge is 0.243 e. The van der Waals surface area contributed by atoms with E-state index in [1.807, 2.05) is 30.3 Å². The Morgan fingerprint density at radius 1 is 1.07 bits per heavy atom. The second kappa shape index (κ2) is 8.22. The third kappa shape index (κ3) is 4.31. The summed E-state index contributed by atoms with van der Waals surface area (Å²) in [6.45, 7) is 0.348. The van der Waals surface area contributed by atoms with Gasteiger partial charge >= 0.3 is 0 Å². The number of hydrogen-bond donors (Lipinski definition) is 2. The zero-order valence-corrected chi connectivity index (χ0v) is 15.7. The van der Waals surface area contributed by atoms with E-state index in [1.54, 1.807) is 23.1 Å². The first-order valence-electron chi connectivity index (χ1n) is 9.41. The molecule has 0 aliphatic carbocycles. The third-order valence-corrected chi connectivity index (χ3v) is 4.91. The Kier molecular flexibility index (Phi) is 5.33. The lowest BCUT2D eigenvalue weighted by molar-refractivity contribution is -0.136. The quantitative estimate of drug-likeness (QED) is 0.775. The summed E-state index contributed by atoms with van der Waals surface area (Å²) in [5.74, 6) is 0.441. The van der Waals surface area contributed by atoms with Crippen molar-refractivity contribution in [2.45, 2.75) is 25.4 Å². The monoisotopic (exact) mass is 395 g/mol. The lowest BCUT2D eigenvalue weighted by Gasteiger charge is -2.24. The first kappa shape index (κ1) is 18.8. The van der Waals surface area contributed by atoms with E-state index in [0.717, 1.165) is 5.56 Å². The molecule has 2 aliphatic rings. The molecule has 0 spiro atoms. The molecule has 2 aromatic rings. The van der Waals surface area contributed by atoms with Gasteiger partial charge in [-0.25, -0.2) is 0 Å². The molecule has 0 bridgehead atoms. The van der Waals surface area contributed by atoms with Crippen LogP contribution < -0.4 is 20.1 Å². The van der Waals surface area contributed by atoms with Gasteiger partial charge < -0.3 is 25.0 Å². The maximum atomic E-state index is 12.6. The van der Waals surface area contributed by atoms with Gasteiger partial charge in [-0.2, -0.15) is 0 Å². The molecule has 3 amide bonds. The average molecular weight is 395 g/mol. The highest BCUT2D eigenvalue weighted by molar-refractivity contribution is 5.97. The molecule has 1 atom stereocenters. The molecule has 1 unspecified atom stereocenters. The molecule has 1 saturated heterocycles. The summed E-state index contributed by atoms with van der Waals surface area (Å²) < 4.78 is 10.5. The average Bonchev–Trinajstić information content (AvgIpc) is 3.33. The number of carbonyl (C=O) groups is 3. The summed E-state index contributed by atoms with van der Waals surface area (Å²) >= 11 is 0. The fourth-order valence-corrected chi connectivity index (χ4v) is 3.45. The highest BCUT2D eigenvalue weighted by Crippen LogP contribution is 2.34. The van der Waals surface area contributed by atoms with Gasteiger partial charge in [-0.05, 0) is 24.1 Å². The van der Waals surface area contributed by atoms with E-state index in [2.05, 4.69) is 10.6 Å². The Labute approximate surface area is 167 Å². The van der Waals surface area contributed by atoms with Crippen molar-refractivity contribution in [1.29, 1.82) is 0 Å². The van der Waals surface area contributed by atoms with Crippen LogP contribution in [0.1, 0.15) is 18.4 Å². The number of nitrogens with zero attached hydrogens (tertiary/aromatic N) is 1. The summed E-state index contributed by atoms with van der Waals surface area (Å²) in [6.07, 6.45) is 0.773. The fourth-order valence-electron chi connectivity index (χ4n) is 3.45. The van der Waals surface area contributed by atoms with E-state index >= 15 is 0 Å². The van der Waals surface area contributed by atoms with Crippen molar-refractivity contribution in [2.75, 3.05) is 18.7 Å². The number of ether oxygens (including phenoxy) is 2. The molecular weight excluding hydrogens is 374 g/mol. The minimum atomic E-state index is -0.568. The Bertz CT molecular complexity index is 931. The molecule has 0 saturated carbocycles. The SMILES string of the molecule is O=C(CNC(=O)C1CCC(=O)N1Cc1ccccc1)Nc1ccc2c(c1)OCO2. The Morgan fingerprint density at radius 2 is 1.86 bits per heavy atom. The first-order valence-corrected chi connectivity index (χ1v) is 9.41. The van der Waals surface area contributed by atoms with Crippen molar-refractivity contribution in [3.05, 3.63) is 54.1 Å². The van der Waals surface area contributed by atoms with Crippen molar-refractivity contribution >= 4 is 23.4 Å². The topological polar surface area (TPSA) is 97.0 Å². The molecule has 4 rings (SSSR count). The maximum absolute atomic E-state index is 12.6. The van der Waals surface area contributed by atoms with Crippen LogP contribution in [0.15, 0.2) is 48.5 Å². The Balaban J connectivity index is 1.31. The number of benzene rings is 2. The standard InChI is InChI=1S/C21H21N3O5/c25-19(23-15-6-8-17-18(10-15)29-13-28-17)11-22-21(27)16-7-9-20(26)24(16)12-14-4-2-1-3-5-14/h1-6,8,10,16H,7,9,11-13H2,(H,22,27)(H,23,25). The van der Waals surface area contributed by atoms with E-state index in [4.69, 9.17) is 9.47 Å². The van der Waals surface area contributed by atoms with Crippen LogP contribution in [0.4, 0.5) is 5.69 Å². The summed E-state index contributed by atoms with van der Waals surface area (Å²) in [5, 5.41) is 5.34. The van der Waals surface area contributed by atoms with Crippen molar-refractivity contribution in [3.63, 3.8) is 0 Å². The number of nitrogens with one attached hydrogen (secondary N) is 2. The number of fused-ring (bicyclic) bond motifs is 1. The van der Waals surface area contributed by atoms with Crippen molar-refractivity contribution < 1.29 is 23.9 Å². The number of anilines is 1. The van der Waals surface area contributed by atoms with Crippen LogP contribution in [-0.4, -0.2) is 42.0 Å². The molecule has 2 N–H and O–H groups in total.